The molecule has 1 aliphatic heterocycles. The van der Waals surface area contributed by atoms with E-state index in [9.17, 15) is 0 Å². The lowest BCUT2D eigenvalue weighted by atomic mass is 10.0. The summed E-state index contributed by atoms with van der Waals surface area (Å²) in [7, 11) is 0. The third-order valence-electron chi connectivity index (χ3n) is 4.39. The summed E-state index contributed by atoms with van der Waals surface area (Å²) in [4.78, 5) is 5.01. The fourth-order valence-electron chi connectivity index (χ4n) is 3.03. The zero-order valence-electron chi connectivity index (χ0n) is 12.9. The van der Waals surface area contributed by atoms with Crippen LogP contribution in [0.3, 0.4) is 0 Å². The number of rotatable bonds is 5. The van der Waals surface area contributed by atoms with Crippen LogP contribution in [-0.4, -0.2) is 48.6 Å². The van der Waals surface area contributed by atoms with Crippen molar-refractivity contribution in [3.05, 3.63) is 33.8 Å². The largest absolute Gasteiger partial charge is 0.324 e. The molecule has 1 aromatic carbocycles. The summed E-state index contributed by atoms with van der Waals surface area (Å²) in [5.74, 6) is 0. The molecule has 0 amide bonds. The second-order valence-corrected chi connectivity index (χ2v) is 6.60. The third-order valence-corrected chi connectivity index (χ3v) is 5.23. The minimum atomic E-state index is -0.0595. The van der Waals surface area contributed by atoms with Crippen molar-refractivity contribution >= 4 is 23.2 Å². The van der Waals surface area contributed by atoms with Crippen molar-refractivity contribution in [1.29, 1.82) is 0 Å². The Kier molecular flexibility index (Phi) is 6.33. The van der Waals surface area contributed by atoms with E-state index < -0.39 is 0 Å². The van der Waals surface area contributed by atoms with E-state index in [0.717, 1.165) is 44.7 Å². The standard InChI is InChI=1S/C16H25Cl2N3/c1-3-21-10-9-20(11-12(21)2)8-7-15(19)13-5-4-6-14(17)16(13)18/h4-6,12,15H,3,7-11,19H2,1-2H3. The zero-order chi connectivity index (χ0) is 15.4. The molecule has 0 saturated carbocycles. The van der Waals surface area contributed by atoms with Gasteiger partial charge in [-0.2, -0.15) is 0 Å². The van der Waals surface area contributed by atoms with Gasteiger partial charge in [0, 0.05) is 38.3 Å². The topological polar surface area (TPSA) is 32.5 Å². The first-order valence-electron chi connectivity index (χ1n) is 7.68. The van der Waals surface area contributed by atoms with Gasteiger partial charge in [0.2, 0.25) is 0 Å². The molecule has 3 nitrogen and oxygen atoms in total. The summed E-state index contributed by atoms with van der Waals surface area (Å²) in [5.41, 5.74) is 7.24. The van der Waals surface area contributed by atoms with Gasteiger partial charge in [-0.05, 0) is 31.5 Å². The Morgan fingerprint density at radius 3 is 2.76 bits per heavy atom. The van der Waals surface area contributed by atoms with Gasteiger partial charge in [0.25, 0.3) is 0 Å². The summed E-state index contributed by atoms with van der Waals surface area (Å²) < 4.78 is 0. The monoisotopic (exact) mass is 329 g/mol. The van der Waals surface area contributed by atoms with E-state index in [1.165, 1.54) is 0 Å². The molecular weight excluding hydrogens is 305 g/mol. The number of benzene rings is 1. The molecule has 0 bridgehead atoms. The average molecular weight is 330 g/mol. The molecule has 1 heterocycles. The molecule has 5 heteroatoms. The predicted octanol–water partition coefficient (Wildman–Crippen LogP) is 3.41. The first kappa shape index (κ1) is 17.0. The number of piperazine rings is 1. The van der Waals surface area contributed by atoms with Crippen LogP contribution in [-0.2, 0) is 0 Å². The molecule has 0 aromatic heterocycles. The number of nitrogens with two attached hydrogens (primary N) is 1. The second-order valence-electron chi connectivity index (χ2n) is 5.82. The van der Waals surface area contributed by atoms with Crippen LogP contribution in [0, 0.1) is 0 Å². The lowest BCUT2D eigenvalue weighted by molar-refractivity contribution is 0.0861. The smallest absolute Gasteiger partial charge is 0.0640 e. The zero-order valence-corrected chi connectivity index (χ0v) is 14.4. The maximum absolute atomic E-state index is 6.29. The number of nitrogens with zero attached hydrogens (tertiary/aromatic N) is 2. The van der Waals surface area contributed by atoms with Crippen LogP contribution in [0.25, 0.3) is 0 Å². The highest BCUT2D eigenvalue weighted by molar-refractivity contribution is 6.42. The van der Waals surface area contributed by atoms with Crippen molar-refractivity contribution in [2.45, 2.75) is 32.4 Å². The van der Waals surface area contributed by atoms with Crippen molar-refractivity contribution in [3.63, 3.8) is 0 Å². The highest BCUT2D eigenvalue weighted by atomic mass is 35.5. The molecule has 2 N–H and O–H groups in total. The first-order valence-corrected chi connectivity index (χ1v) is 8.44. The maximum atomic E-state index is 6.29. The Morgan fingerprint density at radius 1 is 1.33 bits per heavy atom. The van der Waals surface area contributed by atoms with Crippen LogP contribution in [0.4, 0.5) is 0 Å². The molecular formula is C16H25Cl2N3. The van der Waals surface area contributed by atoms with E-state index in [1.807, 2.05) is 12.1 Å². The fourth-order valence-corrected chi connectivity index (χ4v) is 3.48. The van der Waals surface area contributed by atoms with Crippen LogP contribution in [0.1, 0.15) is 31.9 Å². The van der Waals surface area contributed by atoms with E-state index in [-0.39, 0.29) is 6.04 Å². The van der Waals surface area contributed by atoms with Gasteiger partial charge in [-0.1, -0.05) is 42.3 Å². The quantitative estimate of drug-likeness (QED) is 0.898. The highest BCUT2D eigenvalue weighted by Gasteiger charge is 2.22. The molecule has 1 aromatic rings. The molecule has 21 heavy (non-hydrogen) atoms. The highest BCUT2D eigenvalue weighted by Crippen LogP contribution is 2.30. The van der Waals surface area contributed by atoms with Crippen LogP contribution in [0.5, 0.6) is 0 Å². The minimum Gasteiger partial charge on any atom is -0.324 e. The van der Waals surface area contributed by atoms with Gasteiger partial charge in [-0.3, -0.25) is 4.90 Å². The summed E-state index contributed by atoms with van der Waals surface area (Å²) in [6, 6.07) is 6.23. The molecule has 0 spiro atoms. The van der Waals surface area contributed by atoms with Gasteiger partial charge >= 0.3 is 0 Å². The number of hydrogen-bond donors (Lipinski definition) is 1. The normalized spacial score (nSPS) is 22.4. The van der Waals surface area contributed by atoms with E-state index in [0.29, 0.717) is 16.1 Å². The second kappa shape index (κ2) is 7.80. The summed E-state index contributed by atoms with van der Waals surface area (Å²) in [5, 5.41) is 1.17. The minimum absolute atomic E-state index is 0.0595. The number of likely N-dealkylation sites (N-methyl/N-ethyl adjacent to an activating group) is 1. The van der Waals surface area contributed by atoms with Gasteiger partial charge in [-0.15, -0.1) is 0 Å². The third kappa shape index (κ3) is 4.33. The molecule has 2 unspecified atom stereocenters. The van der Waals surface area contributed by atoms with Crippen LogP contribution < -0.4 is 5.73 Å². The summed E-state index contributed by atoms with van der Waals surface area (Å²) in [6.45, 7) is 10.0. The van der Waals surface area contributed by atoms with Gasteiger partial charge in [0.15, 0.2) is 0 Å². The SMILES string of the molecule is CCN1CCN(CCC(N)c2cccc(Cl)c2Cl)CC1C. The van der Waals surface area contributed by atoms with Crippen molar-refractivity contribution in [3.8, 4) is 0 Å². The summed E-state index contributed by atoms with van der Waals surface area (Å²) in [6.07, 6.45) is 0.902. The van der Waals surface area contributed by atoms with Crippen LogP contribution >= 0.6 is 23.2 Å². The van der Waals surface area contributed by atoms with Gasteiger partial charge < -0.3 is 10.6 Å². The lowest BCUT2D eigenvalue weighted by Crippen LogP contribution is -2.51. The Bertz CT molecular complexity index is 467. The molecule has 1 saturated heterocycles. The fraction of sp³-hybridized carbons (Fsp3) is 0.625. The Balaban J connectivity index is 1.87. The number of halogens is 2. The van der Waals surface area contributed by atoms with Crippen LogP contribution in [0.2, 0.25) is 10.0 Å². The van der Waals surface area contributed by atoms with Crippen LogP contribution in [0.15, 0.2) is 18.2 Å². The molecule has 1 aliphatic rings. The molecule has 1 fully saturated rings. The maximum Gasteiger partial charge on any atom is 0.0640 e. The summed E-state index contributed by atoms with van der Waals surface area (Å²) >= 11 is 12.3. The lowest BCUT2D eigenvalue weighted by Gasteiger charge is -2.39. The Labute approximate surface area is 138 Å². The van der Waals surface area contributed by atoms with E-state index >= 15 is 0 Å². The molecule has 2 rings (SSSR count). The van der Waals surface area contributed by atoms with E-state index in [2.05, 4.69) is 23.6 Å². The van der Waals surface area contributed by atoms with E-state index in [4.69, 9.17) is 28.9 Å². The van der Waals surface area contributed by atoms with E-state index in [1.54, 1.807) is 6.07 Å². The van der Waals surface area contributed by atoms with Gasteiger partial charge in [0.1, 0.15) is 0 Å². The van der Waals surface area contributed by atoms with Crippen molar-refractivity contribution in [2.75, 3.05) is 32.7 Å². The van der Waals surface area contributed by atoms with Crippen molar-refractivity contribution in [1.82, 2.24) is 9.80 Å². The predicted molar refractivity (Wildman–Crippen MR) is 91.2 cm³/mol. The molecule has 0 radical (unpaired) electrons. The van der Waals surface area contributed by atoms with Gasteiger partial charge in [0.05, 0.1) is 10.0 Å². The molecule has 2 atom stereocenters. The van der Waals surface area contributed by atoms with Crippen molar-refractivity contribution in [2.24, 2.45) is 5.73 Å². The van der Waals surface area contributed by atoms with Crippen molar-refractivity contribution < 1.29 is 0 Å². The molecule has 118 valence electrons. The average Bonchev–Trinajstić information content (AvgIpc) is 2.47. The number of hydrogen-bond acceptors (Lipinski definition) is 3. The Hall–Kier alpha value is -0.320. The first-order chi connectivity index (χ1) is 10.0. The molecule has 0 aliphatic carbocycles. The van der Waals surface area contributed by atoms with Gasteiger partial charge in [-0.25, -0.2) is 0 Å². The Morgan fingerprint density at radius 2 is 2.10 bits per heavy atom.